The van der Waals surface area contributed by atoms with E-state index in [2.05, 4.69) is 4.98 Å². The third-order valence-corrected chi connectivity index (χ3v) is 5.09. The summed E-state index contributed by atoms with van der Waals surface area (Å²) in [7, 11) is 1.62. The maximum atomic E-state index is 12.5. The number of hydrogen-bond donors (Lipinski definition) is 0. The number of nitrogens with zero attached hydrogens (tertiary/aromatic N) is 2. The molecule has 1 fully saturated rings. The highest BCUT2D eigenvalue weighted by Gasteiger charge is 2.25. The van der Waals surface area contributed by atoms with E-state index in [1.165, 1.54) is 11.3 Å². The van der Waals surface area contributed by atoms with Gasteiger partial charge in [0.1, 0.15) is 21.7 Å². The number of halogens is 1. The average molecular weight is 367 g/mol. The third-order valence-electron chi connectivity index (χ3n) is 3.88. The van der Waals surface area contributed by atoms with Crippen LogP contribution in [-0.2, 0) is 11.3 Å². The summed E-state index contributed by atoms with van der Waals surface area (Å²) in [6.07, 6.45) is 3.40. The van der Waals surface area contributed by atoms with Crippen LogP contribution < -0.4 is 4.74 Å². The van der Waals surface area contributed by atoms with Gasteiger partial charge < -0.3 is 14.4 Å². The van der Waals surface area contributed by atoms with E-state index >= 15 is 0 Å². The van der Waals surface area contributed by atoms with Gasteiger partial charge in [-0.3, -0.25) is 4.79 Å². The molecule has 0 atom stereocenters. The minimum Gasteiger partial charge on any atom is -0.490 e. The zero-order valence-electron chi connectivity index (χ0n) is 13.4. The van der Waals surface area contributed by atoms with Gasteiger partial charge in [0.05, 0.1) is 12.8 Å². The molecule has 0 bridgehead atoms. The van der Waals surface area contributed by atoms with Crippen molar-refractivity contribution in [3.05, 3.63) is 45.4 Å². The summed E-state index contributed by atoms with van der Waals surface area (Å²) >= 11 is 7.27. The van der Waals surface area contributed by atoms with Crippen LogP contribution in [0.4, 0.5) is 0 Å². The second-order valence-electron chi connectivity index (χ2n) is 5.61. The second kappa shape index (κ2) is 7.96. The Labute approximate surface area is 150 Å². The van der Waals surface area contributed by atoms with E-state index in [9.17, 15) is 4.79 Å². The van der Waals surface area contributed by atoms with Crippen LogP contribution in [0.2, 0.25) is 5.02 Å². The highest BCUT2D eigenvalue weighted by molar-refractivity contribution is 7.13. The molecule has 2 heterocycles. The van der Waals surface area contributed by atoms with Crippen LogP contribution in [-0.4, -0.2) is 42.1 Å². The number of thiazole rings is 1. The van der Waals surface area contributed by atoms with Gasteiger partial charge in [0, 0.05) is 38.1 Å². The Hall–Kier alpha value is -1.63. The Bertz CT molecular complexity index is 681. The normalized spacial score (nSPS) is 15.5. The zero-order valence-corrected chi connectivity index (χ0v) is 15.0. The van der Waals surface area contributed by atoms with Crippen molar-refractivity contribution < 1.29 is 14.3 Å². The molecule has 128 valence electrons. The topological polar surface area (TPSA) is 51.7 Å². The number of methoxy groups -OCH3 is 1. The number of hydrogen-bond acceptors (Lipinski definition) is 5. The van der Waals surface area contributed by atoms with Gasteiger partial charge in [0.2, 0.25) is 0 Å². The van der Waals surface area contributed by atoms with E-state index in [1.54, 1.807) is 13.3 Å². The van der Waals surface area contributed by atoms with E-state index in [4.69, 9.17) is 21.1 Å². The lowest BCUT2D eigenvalue weighted by atomic mass is 10.1. The first-order valence-corrected chi connectivity index (χ1v) is 9.00. The van der Waals surface area contributed by atoms with E-state index in [-0.39, 0.29) is 12.0 Å². The molecule has 0 unspecified atom stereocenters. The maximum absolute atomic E-state index is 12.5. The highest BCUT2D eigenvalue weighted by Crippen LogP contribution is 2.23. The molecule has 0 radical (unpaired) electrons. The largest absolute Gasteiger partial charge is 0.490 e. The second-order valence-corrected chi connectivity index (χ2v) is 7.17. The van der Waals surface area contributed by atoms with Gasteiger partial charge in [0.15, 0.2) is 0 Å². The molecule has 0 spiro atoms. The number of ether oxygens (including phenoxy) is 2. The van der Waals surface area contributed by atoms with Crippen molar-refractivity contribution in [1.29, 1.82) is 0 Å². The molecule has 2 aromatic rings. The van der Waals surface area contributed by atoms with Gasteiger partial charge in [0.25, 0.3) is 5.91 Å². The number of carbonyl (C=O) groups excluding carboxylic acids is 1. The molecule has 1 aliphatic heterocycles. The predicted molar refractivity (Wildman–Crippen MR) is 93.8 cm³/mol. The molecule has 0 aliphatic carbocycles. The Kier molecular flexibility index (Phi) is 5.71. The van der Waals surface area contributed by atoms with Crippen molar-refractivity contribution in [3.63, 3.8) is 0 Å². The van der Waals surface area contributed by atoms with Crippen molar-refractivity contribution in [3.8, 4) is 5.75 Å². The summed E-state index contributed by atoms with van der Waals surface area (Å²) in [6.45, 7) is 1.82. The number of piperidine rings is 1. The van der Waals surface area contributed by atoms with Gasteiger partial charge >= 0.3 is 0 Å². The number of likely N-dealkylation sites (tertiary alicyclic amines) is 1. The number of aromatic nitrogens is 1. The van der Waals surface area contributed by atoms with Gasteiger partial charge in [-0.05, 0) is 24.3 Å². The maximum Gasteiger partial charge on any atom is 0.265 e. The smallest absolute Gasteiger partial charge is 0.265 e. The summed E-state index contributed by atoms with van der Waals surface area (Å²) in [5.74, 6) is 0.857. The van der Waals surface area contributed by atoms with Crippen molar-refractivity contribution in [2.45, 2.75) is 25.6 Å². The first-order valence-electron chi connectivity index (χ1n) is 7.81. The fraction of sp³-hybridized carbons (Fsp3) is 0.412. The molecule has 1 amide bonds. The van der Waals surface area contributed by atoms with E-state index in [0.29, 0.717) is 29.6 Å². The van der Waals surface area contributed by atoms with Crippen molar-refractivity contribution in [1.82, 2.24) is 9.88 Å². The summed E-state index contributed by atoms with van der Waals surface area (Å²) in [4.78, 5) is 19.3. The van der Waals surface area contributed by atoms with E-state index in [1.807, 2.05) is 29.2 Å². The van der Waals surface area contributed by atoms with Crippen LogP contribution in [0, 0.1) is 0 Å². The summed E-state index contributed by atoms with van der Waals surface area (Å²) in [5, 5.41) is 1.52. The van der Waals surface area contributed by atoms with Crippen LogP contribution in [0.1, 0.15) is 27.5 Å². The third kappa shape index (κ3) is 4.26. The standard InChI is InChI=1S/C17H19ClN2O3S/c1-22-11-16-19-10-15(24-16)17(21)20-8-6-14(7-9-20)23-13-4-2-12(18)3-5-13/h2-5,10,14H,6-9,11H2,1H3. The first kappa shape index (κ1) is 17.2. The lowest BCUT2D eigenvalue weighted by Crippen LogP contribution is -2.41. The summed E-state index contributed by atoms with van der Waals surface area (Å²) in [6, 6.07) is 7.37. The summed E-state index contributed by atoms with van der Waals surface area (Å²) < 4.78 is 11.0. The van der Waals surface area contributed by atoms with E-state index < -0.39 is 0 Å². The minimum absolute atomic E-state index is 0.0415. The molecule has 1 aliphatic rings. The molecule has 0 N–H and O–H groups in total. The van der Waals surface area contributed by atoms with Crippen molar-refractivity contribution >= 4 is 28.8 Å². The van der Waals surface area contributed by atoms with Crippen LogP contribution in [0.15, 0.2) is 30.5 Å². The molecule has 0 saturated carbocycles. The molecule has 24 heavy (non-hydrogen) atoms. The van der Waals surface area contributed by atoms with Gasteiger partial charge in [-0.25, -0.2) is 4.98 Å². The molecule has 1 saturated heterocycles. The minimum atomic E-state index is 0.0415. The number of carbonyl (C=O) groups is 1. The predicted octanol–water partition coefficient (Wildman–Crippen LogP) is 3.63. The van der Waals surface area contributed by atoms with Crippen LogP contribution in [0.5, 0.6) is 5.75 Å². The summed E-state index contributed by atoms with van der Waals surface area (Å²) in [5.41, 5.74) is 0. The lowest BCUT2D eigenvalue weighted by Gasteiger charge is -2.31. The molecule has 1 aromatic heterocycles. The quantitative estimate of drug-likeness (QED) is 0.810. The van der Waals surface area contributed by atoms with Crippen LogP contribution in [0.3, 0.4) is 0 Å². The fourth-order valence-corrected chi connectivity index (χ4v) is 3.62. The lowest BCUT2D eigenvalue weighted by molar-refractivity contribution is 0.0600. The molecule has 5 nitrogen and oxygen atoms in total. The number of amides is 1. The average Bonchev–Trinajstić information content (AvgIpc) is 3.06. The highest BCUT2D eigenvalue weighted by atomic mass is 35.5. The fourth-order valence-electron chi connectivity index (χ4n) is 2.64. The Morgan fingerprint density at radius 2 is 2.04 bits per heavy atom. The first-order chi connectivity index (χ1) is 11.7. The monoisotopic (exact) mass is 366 g/mol. The zero-order chi connectivity index (χ0) is 16.9. The Morgan fingerprint density at radius 3 is 2.71 bits per heavy atom. The van der Waals surface area contributed by atoms with Crippen LogP contribution >= 0.6 is 22.9 Å². The van der Waals surface area contributed by atoms with Gasteiger partial charge in [-0.15, -0.1) is 11.3 Å². The molecular formula is C17H19ClN2O3S. The molecule has 1 aromatic carbocycles. The van der Waals surface area contributed by atoms with Crippen molar-refractivity contribution in [2.75, 3.05) is 20.2 Å². The van der Waals surface area contributed by atoms with Crippen LogP contribution in [0.25, 0.3) is 0 Å². The van der Waals surface area contributed by atoms with E-state index in [0.717, 1.165) is 23.6 Å². The SMILES string of the molecule is COCc1ncc(C(=O)N2CCC(Oc3ccc(Cl)cc3)CC2)s1. The Morgan fingerprint density at radius 1 is 1.33 bits per heavy atom. The van der Waals surface area contributed by atoms with Crippen molar-refractivity contribution in [2.24, 2.45) is 0 Å². The van der Waals surface area contributed by atoms with Gasteiger partial charge in [-0.1, -0.05) is 11.6 Å². The Balaban J connectivity index is 1.52. The van der Waals surface area contributed by atoms with Gasteiger partial charge in [-0.2, -0.15) is 0 Å². The number of benzene rings is 1. The molecule has 3 rings (SSSR count). The molecule has 7 heteroatoms. The number of rotatable bonds is 5. The molecular weight excluding hydrogens is 348 g/mol.